The first-order valence-electron chi connectivity index (χ1n) is 18.2. The number of ether oxygens (including phenoxy) is 4. The molecule has 2 saturated heterocycles. The highest BCUT2D eigenvalue weighted by Gasteiger charge is 2.44. The maximum Gasteiger partial charge on any atom is 0.411 e. The van der Waals surface area contributed by atoms with Crippen LogP contribution in [0, 0.1) is 13.8 Å². The number of nitrogens with zero attached hydrogens (tertiary/aromatic N) is 3. The molecule has 13 heteroatoms. The molecule has 6 rings (SSSR count). The number of likely N-dealkylation sites (tertiary alicyclic amines) is 1. The molecule has 2 N–H and O–H groups in total. The third-order valence-corrected chi connectivity index (χ3v) is 10.9. The molecule has 2 fully saturated rings. The fourth-order valence-electron chi connectivity index (χ4n) is 7.76. The Balaban J connectivity index is 1.12. The van der Waals surface area contributed by atoms with Gasteiger partial charge in [0.2, 0.25) is 11.7 Å². The zero-order valence-electron chi connectivity index (χ0n) is 31.1. The average Bonchev–Trinajstić information content (AvgIpc) is 3.75. The van der Waals surface area contributed by atoms with Crippen molar-refractivity contribution in [2.75, 3.05) is 66.0 Å². The van der Waals surface area contributed by atoms with Gasteiger partial charge in [0.15, 0.2) is 17.3 Å². The summed E-state index contributed by atoms with van der Waals surface area (Å²) in [6.45, 7) is 6.47. The van der Waals surface area contributed by atoms with Crippen LogP contribution in [-0.4, -0.2) is 99.2 Å². The van der Waals surface area contributed by atoms with Crippen molar-refractivity contribution in [1.29, 1.82) is 0 Å². The Morgan fingerprint density at radius 1 is 0.962 bits per heavy atom. The Morgan fingerprint density at radius 3 is 2.42 bits per heavy atom. The van der Waals surface area contributed by atoms with Crippen molar-refractivity contribution in [3.8, 4) is 17.2 Å². The molecule has 0 spiro atoms. The van der Waals surface area contributed by atoms with Crippen LogP contribution in [0.2, 0.25) is 0 Å². The van der Waals surface area contributed by atoms with Crippen molar-refractivity contribution in [3.05, 3.63) is 76.9 Å². The van der Waals surface area contributed by atoms with Gasteiger partial charge in [-0.25, -0.2) is 4.98 Å². The minimum atomic E-state index is -4.36. The number of ketones is 1. The average molecular weight is 738 g/mol. The number of rotatable bonds is 15. The molecular weight excluding hydrogens is 687 g/mol. The maximum absolute atomic E-state index is 14.1. The van der Waals surface area contributed by atoms with E-state index in [-0.39, 0.29) is 30.4 Å². The van der Waals surface area contributed by atoms with E-state index in [4.69, 9.17) is 23.9 Å². The zero-order chi connectivity index (χ0) is 37.8. The van der Waals surface area contributed by atoms with Crippen molar-refractivity contribution in [1.82, 2.24) is 19.8 Å². The first-order chi connectivity index (χ1) is 25.4. The van der Waals surface area contributed by atoms with Crippen LogP contribution in [0.3, 0.4) is 0 Å². The lowest BCUT2D eigenvalue weighted by molar-refractivity contribution is -0.174. The number of imidazole rings is 1. The first kappa shape index (κ1) is 38.4. The van der Waals surface area contributed by atoms with Gasteiger partial charge in [0.25, 0.3) is 0 Å². The van der Waals surface area contributed by atoms with Crippen LogP contribution in [0.4, 0.5) is 19.1 Å². The maximum atomic E-state index is 14.1. The molecule has 2 aliphatic rings. The van der Waals surface area contributed by atoms with Crippen LogP contribution in [-0.2, 0) is 16.7 Å². The van der Waals surface area contributed by atoms with Crippen molar-refractivity contribution in [3.63, 3.8) is 0 Å². The van der Waals surface area contributed by atoms with Crippen LogP contribution in [0.5, 0.6) is 17.2 Å². The Hall–Kier alpha value is -4.33. The van der Waals surface area contributed by atoms with Crippen LogP contribution in [0.15, 0.2) is 54.6 Å². The summed E-state index contributed by atoms with van der Waals surface area (Å²) in [6, 6.07) is 17.5. The number of hydrogen-bond donors (Lipinski definition) is 2. The summed E-state index contributed by atoms with van der Waals surface area (Å²) in [7, 11) is 4.61. The van der Waals surface area contributed by atoms with E-state index >= 15 is 0 Å². The topological polar surface area (TPSA) is 99.1 Å². The number of carbonyl (C=O) groups excluding carboxylic acids is 1. The molecule has 4 aromatic rings. The van der Waals surface area contributed by atoms with Gasteiger partial charge in [0.1, 0.15) is 6.61 Å². The van der Waals surface area contributed by atoms with E-state index in [0.717, 1.165) is 49.9 Å². The number of carbonyl (C=O) groups is 1. The summed E-state index contributed by atoms with van der Waals surface area (Å²) in [6.07, 6.45) is -1.06. The Labute approximate surface area is 308 Å². The Morgan fingerprint density at radius 2 is 1.72 bits per heavy atom. The highest BCUT2D eigenvalue weighted by Crippen LogP contribution is 2.43. The number of alkyl halides is 3. The van der Waals surface area contributed by atoms with E-state index in [1.165, 1.54) is 30.9 Å². The second-order valence-electron chi connectivity index (χ2n) is 14.2. The number of anilines is 1. The number of piperidine rings is 1. The molecule has 0 bridgehead atoms. The summed E-state index contributed by atoms with van der Waals surface area (Å²) >= 11 is 0. The van der Waals surface area contributed by atoms with Crippen LogP contribution in [0.1, 0.15) is 52.7 Å². The first-order valence-corrected chi connectivity index (χ1v) is 18.2. The third-order valence-electron chi connectivity index (χ3n) is 10.9. The summed E-state index contributed by atoms with van der Waals surface area (Å²) in [4.78, 5) is 21.4. The van der Waals surface area contributed by atoms with Gasteiger partial charge < -0.3 is 39.0 Å². The number of halogens is 3. The minimum absolute atomic E-state index is 0.0432. The number of para-hydroxylation sites is 2. The smallest absolute Gasteiger partial charge is 0.411 e. The van der Waals surface area contributed by atoms with Gasteiger partial charge >= 0.3 is 6.18 Å². The molecule has 53 heavy (non-hydrogen) atoms. The number of Topliss-reactive ketones (excluding diaryl/α,β-unsaturated/α-hetero) is 1. The second kappa shape index (κ2) is 16.4. The monoisotopic (exact) mass is 737 g/mol. The lowest BCUT2D eigenvalue weighted by atomic mass is 9.74. The van der Waals surface area contributed by atoms with Gasteiger partial charge in [-0.2, -0.15) is 13.2 Å². The SMILES string of the molecule is COc1ccc(C(=O)C2CC(CCN3CCC(Nc4nc5ccccc5n4CCOCC(F)(F)F)CC3)(c3ccc(C)c(C)c3)CN2)c(OC)c1OC. The fraction of sp³-hybridized carbons (Fsp3) is 0.500. The molecule has 0 aliphatic carbocycles. The third kappa shape index (κ3) is 8.58. The zero-order valence-corrected chi connectivity index (χ0v) is 31.1. The minimum Gasteiger partial charge on any atom is -0.493 e. The molecule has 3 heterocycles. The molecule has 0 radical (unpaired) electrons. The molecule has 2 atom stereocenters. The number of nitrogens with one attached hydrogen (secondary N) is 2. The van der Waals surface area contributed by atoms with Crippen molar-refractivity contribution in [2.24, 2.45) is 0 Å². The number of fused-ring (bicyclic) bond motifs is 1. The van der Waals surface area contributed by atoms with Gasteiger partial charge in [-0.15, -0.1) is 0 Å². The van der Waals surface area contributed by atoms with Crippen LogP contribution >= 0.6 is 0 Å². The van der Waals surface area contributed by atoms with Crippen LogP contribution < -0.4 is 24.8 Å². The molecule has 286 valence electrons. The number of methoxy groups -OCH3 is 3. The summed E-state index contributed by atoms with van der Waals surface area (Å²) < 4.78 is 61.5. The van der Waals surface area contributed by atoms with Gasteiger partial charge in [-0.3, -0.25) is 4.79 Å². The Kier molecular flexibility index (Phi) is 11.9. The van der Waals surface area contributed by atoms with E-state index in [1.54, 1.807) is 19.2 Å². The van der Waals surface area contributed by atoms with E-state index in [1.807, 2.05) is 28.8 Å². The summed E-state index contributed by atoms with van der Waals surface area (Å²) in [5, 5.41) is 7.17. The molecule has 3 aromatic carbocycles. The van der Waals surface area contributed by atoms with Gasteiger partial charge in [-0.05, 0) is 87.0 Å². The second-order valence-corrected chi connectivity index (χ2v) is 14.2. The number of hydrogen-bond acceptors (Lipinski definition) is 9. The van der Waals surface area contributed by atoms with Crippen molar-refractivity contribution >= 4 is 22.8 Å². The highest BCUT2D eigenvalue weighted by molar-refractivity contribution is 6.03. The predicted octanol–water partition coefficient (Wildman–Crippen LogP) is 6.71. The van der Waals surface area contributed by atoms with Crippen molar-refractivity contribution in [2.45, 2.75) is 69.8 Å². The standard InChI is InChI=1S/C40H50F3N5O5/c1-26-10-11-28(22-27(26)2)39(23-32(44-24-39)35(49)30-12-13-34(50-3)37(52-5)36(30)51-4)16-19-47-17-14-29(15-18-47)45-38-46-31-8-6-7-9-33(31)48(38)20-21-53-25-40(41,42)43/h6-13,22,29,32,44H,14-21,23-25H2,1-5H3,(H,45,46). The highest BCUT2D eigenvalue weighted by atomic mass is 19.4. The van der Waals surface area contributed by atoms with E-state index < -0.39 is 18.8 Å². The summed E-state index contributed by atoms with van der Waals surface area (Å²) in [5.74, 6) is 1.86. The number of benzene rings is 3. The van der Waals surface area contributed by atoms with Gasteiger partial charge in [0.05, 0.1) is 50.6 Å². The molecule has 0 amide bonds. The molecule has 2 aliphatic heterocycles. The molecular formula is C40H50F3N5O5. The number of aromatic nitrogens is 2. The summed E-state index contributed by atoms with van der Waals surface area (Å²) in [5.41, 5.74) is 5.53. The largest absolute Gasteiger partial charge is 0.493 e. The van der Waals surface area contributed by atoms with E-state index in [0.29, 0.717) is 41.7 Å². The van der Waals surface area contributed by atoms with Crippen molar-refractivity contribution < 1.29 is 36.9 Å². The molecule has 1 aromatic heterocycles. The number of aryl methyl sites for hydroxylation is 2. The molecule has 2 unspecified atom stereocenters. The van der Waals surface area contributed by atoms with Gasteiger partial charge in [-0.1, -0.05) is 30.3 Å². The van der Waals surface area contributed by atoms with E-state index in [9.17, 15) is 18.0 Å². The normalized spacial score (nSPS) is 19.8. The molecule has 10 nitrogen and oxygen atoms in total. The predicted molar refractivity (Wildman–Crippen MR) is 199 cm³/mol. The quantitative estimate of drug-likeness (QED) is 0.102. The van der Waals surface area contributed by atoms with Gasteiger partial charge in [0, 0.05) is 37.6 Å². The lowest BCUT2D eigenvalue weighted by Crippen LogP contribution is -2.42. The van der Waals surface area contributed by atoms with Crippen LogP contribution in [0.25, 0.3) is 11.0 Å². The Bertz CT molecular complexity index is 1890. The fourth-order valence-corrected chi connectivity index (χ4v) is 7.76. The van der Waals surface area contributed by atoms with E-state index in [2.05, 4.69) is 47.6 Å². The lowest BCUT2D eigenvalue weighted by Gasteiger charge is -2.36. The molecule has 0 saturated carbocycles.